The molecule has 0 atom stereocenters. The van der Waals surface area contributed by atoms with Crippen molar-refractivity contribution in [1.82, 2.24) is 15.0 Å². The van der Waals surface area contributed by atoms with Gasteiger partial charge in [-0.3, -0.25) is 9.69 Å². The average Bonchev–Trinajstić information content (AvgIpc) is 2.93. The average molecular weight is 339 g/mol. The maximum absolute atomic E-state index is 12.4. The van der Waals surface area contributed by atoms with Gasteiger partial charge in [-0.15, -0.1) is 0 Å². The van der Waals surface area contributed by atoms with Crippen LogP contribution in [0.3, 0.4) is 0 Å². The van der Waals surface area contributed by atoms with Crippen molar-refractivity contribution in [3.63, 3.8) is 0 Å². The van der Waals surface area contributed by atoms with Gasteiger partial charge in [-0.2, -0.15) is 0 Å². The van der Waals surface area contributed by atoms with Crippen molar-refractivity contribution in [2.75, 3.05) is 26.2 Å². The summed E-state index contributed by atoms with van der Waals surface area (Å²) < 4.78 is 5.23. The zero-order valence-electron chi connectivity index (χ0n) is 15.2. The molecule has 5 heteroatoms. The van der Waals surface area contributed by atoms with Gasteiger partial charge in [-0.25, -0.2) is 0 Å². The van der Waals surface area contributed by atoms with Crippen LogP contribution in [-0.2, 0) is 11.3 Å². The molecule has 1 fully saturated rings. The molecule has 0 bridgehead atoms. The Morgan fingerprint density at radius 2 is 1.80 bits per heavy atom. The summed E-state index contributed by atoms with van der Waals surface area (Å²) in [5.74, 6) is 0.967. The number of amides is 1. The van der Waals surface area contributed by atoms with Gasteiger partial charge in [-0.1, -0.05) is 35.0 Å². The lowest BCUT2D eigenvalue weighted by atomic mass is 10.1. The summed E-state index contributed by atoms with van der Waals surface area (Å²) in [7, 11) is 0. The fourth-order valence-electron chi connectivity index (χ4n) is 3.03. The first-order valence-corrected chi connectivity index (χ1v) is 8.70. The Balaban J connectivity index is 1.51. The second-order valence-electron chi connectivity index (χ2n) is 6.65. The summed E-state index contributed by atoms with van der Waals surface area (Å²) in [6, 6.07) is 8.16. The van der Waals surface area contributed by atoms with Crippen LogP contribution in [0.15, 0.2) is 34.9 Å². The second-order valence-corrected chi connectivity index (χ2v) is 6.65. The molecule has 1 aliphatic rings. The molecule has 0 radical (unpaired) electrons. The fourth-order valence-corrected chi connectivity index (χ4v) is 3.03. The maximum atomic E-state index is 12.4. The van der Waals surface area contributed by atoms with E-state index in [9.17, 15) is 4.79 Å². The van der Waals surface area contributed by atoms with E-state index in [4.69, 9.17) is 4.52 Å². The predicted molar refractivity (Wildman–Crippen MR) is 98.0 cm³/mol. The largest absolute Gasteiger partial charge is 0.361 e. The van der Waals surface area contributed by atoms with Crippen LogP contribution in [0.25, 0.3) is 6.08 Å². The van der Waals surface area contributed by atoms with Gasteiger partial charge in [0.2, 0.25) is 5.91 Å². The topological polar surface area (TPSA) is 49.6 Å². The Morgan fingerprint density at radius 3 is 2.40 bits per heavy atom. The first-order chi connectivity index (χ1) is 12.0. The number of piperazine rings is 1. The molecule has 1 aromatic heterocycles. The number of hydrogen-bond donors (Lipinski definition) is 0. The summed E-state index contributed by atoms with van der Waals surface area (Å²) in [6.07, 6.45) is 3.56. The molecule has 1 saturated heterocycles. The van der Waals surface area contributed by atoms with Gasteiger partial charge in [-0.05, 0) is 32.4 Å². The minimum atomic E-state index is 0.0811. The Kier molecular flexibility index (Phi) is 5.34. The molecule has 2 heterocycles. The van der Waals surface area contributed by atoms with Crippen molar-refractivity contribution in [1.29, 1.82) is 0 Å². The molecular weight excluding hydrogens is 314 g/mol. The van der Waals surface area contributed by atoms with Crippen molar-refractivity contribution >= 4 is 12.0 Å². The number of nitrogens with zero attached hydrogens (tertiary/aromatic N) is 3. The van der Waals surface area contributed by atoms with Crippen LogP contribution < -0.4 is 0 Å². The first-order valence-electron chi connectivity index (χ1n) is 8.70. The molecule has 2 aromatic rings. The van der Waals surface area contributed by atoms with Gasteiger partial charge >= 0.3 is 0 Å². The summed E-state index contributed by atoms with van der Waals surface area (Å²) in [6.45, 7) is 10.1. The van der Waals surface area contributed by atoms with Crippen LogP contribution in [0.1, 0.15) is 28.1 Å². The van der Waals surface area contributed by atoms with E-state index >= 15 is 0 Å². The Morgan fingerprint density at radius 1 is 1.12 bits per heavy atom. The third kappa shape index (κ3) is 4.37. The molecule has 5 nitrogen and oxygen atoms in total. The standard InChI is InChI=1S/C20H25N3O2/c1-15-4-6-18(7-5-15)8-9-20(24)23-12-10-22(11-13-23)14-19-16(2)21-25-17(19)3/h4-9H,10-14H2,1-3H3/b9-8+. The number of hydrogen-bond acceptors (Lipinski definition) is 4. The Bertz CT molecular complexity index is 734. The fraction of sp³-hybridized carbons (Fsp3) is 0.400. The molecule has 1 aliphatic heterocycles. The number of carbonyl (C=O) groups is 1. The zero-order chi connectivity index (χ0) is 17.8. The highest BCUT2D eigenvalue weighted by molar-refractivity contribution is 5.91. The molecule has 0 saturated carbocycles. The van der Waals surface area contributed by atoms with Crippen LogP contribution in [0.4, 0.5) is 0 Å². The summed E-state index contributed by atoms with van der Waals surface area (Å²) in [4.78, 5) is 16.6. The molecule has 25 heavy (non-hydrogen) atoms. The van der Waals surface area contributed by atoms with Crippen LogP contribution in [0.2, 0.25) is 0 Å². The SMILES string of the molecule is Cc1ccc(/C=C/C(=O)N2CCN(Cc3c(C)noc3C)CC2)cc1. The Labute approximate surface area is 148 Å². The molecular formula is C20H25N3O2. The van der Waals surface area contributed by atoms with E-state index in [1.807, 2.05) is 37.0 Å². The highest BCUT2D eigenvalue weighted by Crippen LogP contribution is 2.16. The summed E-state index contributed by atoms with van der Waals surface area (Å²) >= 11 is 0. The van der Waals surface area contributed by atoms with Crippen molar-refractivity contribution < 1.29 is 9.32 Å². The van der Waals surface area contributed by atoms with Crippen LogP contribution in [-0.4, -0.2) is 47.0 Å². The van der Waals surface area contributed by atoms with Crippen LogP contribution in [0.5, 0.6) is 0 Å². The third-order valence-corrected chi connectivity index (χ3v) is 4.74. The predicted octanol–water partition coefficient (Wildman–Crippen LogP) is 2.96. The number of carbonyl (C=O) groups excluding carboxylic acids is 1. The minimum absolute atomic E-state index is 0.0811. The van der Waals surface area contributed by atoms with E-state index in [-0.39, 0.29) is 5.91 Å². The smallest absolute Gasteiger partial charge is 0.246 e. The van der Waals surface area contributed by atoms with Crippen molar-refractivity contribution in [3.05, 3.63) is 58.5 Å². The highest BCUT2D eigenvalue weighted by atomic mass is 16.5. The van der Waals surface area contributed by atoms with E-state index in [0.29, 0.717) is 0 Å². The maximum Gasteiger partial charge on any atom is 0.246 e. The van der Waals surface area contributed by atoms with E-state index in [1.54, 1.807) is 6.08 Å². The molecule has 0 spiro atoms. The number of benzene rings is 1. The van der Waals surface area contributed by atoms with Gasteiger partial charge in [0.25, 0.3) is 0 Å². The second kappa shape index (κ2) is 7.66. The zero-order valence-corrected chi connectivity index (χ0v) is 15.2. The monoisotopic (exact) mass is 339 g/mol. The van der Waals surface area contributed by atoms with Crippen molar-refractivity contribution in [3.8, 4) is 0 Å². The highest BCUT2D eigenvalue weighted by Gasteiger charge is 2.21. The van der Waals surface area contributed by atoms with E-state index in [1.165, 1.54) is 11.1 Å². The van der Waals surface area contributed by atoms with E-state index in [0.717, 1.165) is 49.7 Å². The van der Waals surface area contributed by atoms with Crippen molar-refractivity contribution in [2.45, 2.75) is 27.3 Å². The van der Waals surface area contributed by atoms with Gasteiger partial charge in [0.1, 0.15) is 5.76 Å². The summed E-state index contributed by atoms with van der Waals surface area (Å²) in [5.41, 5.74) is 4.39. The normalized spacial score (nSPS) is 15.9. The van der Waals surface area contributed by atoms with Crippen LogP contribution >= 0.6 is 0 Å². The number of aryl methyl sites for hydroxylation is 3. The lowest BCUT2D eigenvalue weighted by Gasteiger charge is -2.34. The first kappa shape index (κ1) is 17.4. The third-order valence-electron chi connectivity index (χ3n) is 4.74. The molecule has 1 amide bonds. The molecule has 0 aliphatic carbocycles. The number of rotatable bonds is 4. The lowest BCUT2D eigenvalue weighted by Crippen LogP contribution is -2.47. The van der Waals surface area contributed by atoms with Gasteiger partial charge in [0, 0.05) is 44.4 Å². The van der Waals surface area contributed by atoms with Gasteiger partial charge < -0.3 is 9.42 Å². The Hall–Kier alpha value is -2.40. The van der Waals surface area contributed by atoms with Crippen molar-refractivity contribution in [2.24, 2.45) is 0 Å². The lowest BCUT2D eigenvalue weighted by molar-refractivity contribution is -0.127. The van der Waals surface area contributed by atoms with E-state index < -0.39 is 0 Å². The minimum Gasteiger partial charge on any atom is -0.361 e. The quantitative estimate of drug-likeness (QED) is 0.804. The summed E-state index contributed by atoms with van der Waals surface area (Å²) in [5, 5.41) is 4.01. The number of aromatic nitrogens is 1. The molecule has 0 N–H and O–H groups in total. The van der Waals surface area contributed by atoms with E-state index in [2.05, 4.69) is 29.1 Å². The molecule has 1 aromatic carbocycles. The van der Waals surface area contributed by atoms with Gasteiger partial charge in [0.05, 0.1) is 5.69 Å². The molecule has 132 valence electrons. The molecule has 0 unspecified atom stereocenters. The van der Waals surface area contributed by atoms with Gasteiger partial charge in [0.15, 0.2) is 0 Å². The van der Waals surface area contributed by atoms with Crippen LogP contribution in [0, 0.1) is 20.8 Å². The molecule has 3 rings (SSSR count).